The number of carbonyl (C=O) groups is 2. The van der Waals surface area contributed by atoms with Crippen LogP contribution in [0.5, 0.6) is 5.75 Å². The topological polar surface area (TPSA) is 73.9 Å². The fourth-order valence-electron chi connectivity index (χ4n) is 5.83. The number of benzene rings is 3. The van der Waals surface area contributed by atoms with Crippen molar-refractivity contribution in [2.75, 3.05) is 6.54 Å². The Hall–Kier alpha value is -3.97. The molecule has 214 valence electrons. The molecule has 1 fully saturated rings. The highest BCUT2D eigenvalue weighted by Gasteiger charge is 2.53. The van der Waals surface area contributed by atoms with Crippen LogP contribution in [0, 0.1) is 17.7 Å². The molecule has 1 amide bonds. The highest BCUT2D eigenvalue weighted by atomic mass is 19.1. The van der Waals surface area contributed by atoms with Gasteiger partial charge in [0.05, 0.1) is 11.2 Å². The molecule has 7 heteroatoms. The van der Waals surface area contributed by atoms with Crippen LogP contribution < -0.4 is 10.1 Å². The molecule has 1 saturated heterocycles. The molecular formula is C34H36FNO5. The summed E-state index contributed by atoms with van der Waals surface area (Å²) in [4.78, 5) is 24.6. The predicted molar refractivity (Wildman–Crippen MR) is 155 cm³/mol. The van der Waals surface area contributed by atoms with Crippen molar-refractivity contribution in [3.8, 4) is 16.9 Å². The molecule has 3 aromatic carbocycles. The zero-order chi connectivity index (χ0) is 29.0. The van der Waals surface area contributed by atoms with Gasteiger partial charge < -0.3 is 19.5 Å². The maximum atomic E-state index is 14.2. The summed E-state index contributed by atoms with van der Waals surface area (Å²) in [5, 5.41) is 2.82. The van der Waals surface area contributed by atoms with E-state index in [9.17, 15) is 14.0 Å². The molecule has 41 heavy (non-hydrogen) atoms. The van der Waals surface area contributed by atoms with Crippen LogP contribution in [0.1, 0.15) is 49.5 Å². The van der Waals surface area contributed by atoms with E-state index in [-0.39, 0.29) is 23.6 Å². The van der Waals surface area contributed by atoms with Crippen LogP contribution >= 0.6 is 0 Å². The smallest absolute Gasteiger partial charge is 0.338 e. The second-order valence-electron chi connectivity index (χ2n) is 11.0. The van der Waals surface area contributed by atoms with E-state index < -0.39 is 24.0 Å². The van der Waals surface area contributed by atoms with Gasteiger partial charge in [0.25, 0.3) is 0 Å². The van der Waals surface area contributed by atoms with E-state index in [2.05, 4.69) is 31.3 Å². The third-order valence-corrected chi connectivity index (χ3v) is 8.34. The Balaban J connectivity index is 1.46. The molecule has 0 saturated carbocycles. The van der Waals surface area contributed by atoms with Crippen molar-refractivity contribution in [2.24, 2.45) is 11.8 Å². The van der Waals surface area contributed by atoms with Crippen molar-refractivity contribution < 1.29 is 28.2 Å². The van der Waals surface area contributed by atoms with Crippen LogP contribution in [-0.4, -0.2) is 36.4 Å². The average molecular weight is 558 g/mol. The molecule has 1 aliphatic heterocycles. The maximum Gasteiger partial charge on any atom is 0.338 e. The molecule has 1 heterocycles. The monoisotopic (exact) mass is 557 g/mol. The number of esters is 1. The largest absolute Gasteiger partial charge is 0.461 e. The predicted octanol–water partition coefficient (Wildman–Crippen LogP) is 6.49. The van der Waals surface area contributed by atoms with Crippen molar-refractivity contribution in [1.82, 2.24) is 5.32 Å². The third-order valence-electron chi connectivity index (χ3n) is 8.34. The summed E-state index contributed by atoms with van der Waals surface area (Å²) < 4.78 is 33.5. The molecule has 2 aliphatic rings. The van der Waals surface area contributed by atoms with Crippen molar-refractivity contribution in [2.45, 2.75) is 58.0 Å². The van der Waals surface area contributed by atoms with E-state index in [4.69, 9.17) is 14.2 Å². The Morgan fingerprint density at radius 1 is 1.00 bits per heavy atom. The number of nitrogens with one attached hydrogen (secondary N) is 1. The minimum absolute atomic E-state index is 0.0408. The van der Waals surface area contributed by atoms with Crippen LogP contribution in [0.2, 0.25) is 0 Å². The Labute approximate surface area is 240 Å². The molecule has 5 rings (SSSR count). The van der Waals surface area contributed by atoms with Gasteiger partial charge in [0.2, 0.25) is 12.2 Å². The zero-order valence-electron chi connectivity index (χ0n) is 23.6. The van der Waals surface area contributed by atoms with E-state index in [1.54, 1.807) is 30.3 Å². The fraction of sp³-hybridized carbons (Fsp3) is 0.353. The summed E-state index contributed by atoms with van der Waals surface area (Å²) in [7, 11) is 0. The lowest BCUT2D eigenvalue weighted by Crippen LogP contribution is -2.58. The Morgan fingerprint density at radius 3 is 2.46 bits per heavy atom. The second kappa shape index (κ2) is 12.3. The van der Waals surface area contributed by atoms with Crippen molar-refractivity contribution >= 4 is 11.9 Å². The number of hydrogen-bond acceptors (Lipinski definition) is 5. The molecule has 6 nitrogen and oxygen atoms in total. The first-order valence-corrected chi connectivity index (χ1v) is 14.1. The molecule has 3 aromatic rings. The van der Waals surface area contributed by atoms with Gasteiger partial charge in [-0.3, -0.25) is 4.79 Å². The number of carbonyl (C=O) groups excluding carboxylic acids is 2. The van der Waals surface area contributed by atoms with Gasteiger partial charge in [0.15, 0.2) is 6.10 Å². The van der Waals surface area contributed by atoms with Gasteiger partial charge >= 0.3 is 5.97 Å². The van der Waals surface area contributed by atoms with Crippen LogP contribution in [0.15, 0.2) is 84.9 Å². The maximum absolute atomic E-state index is 14.2. The summed E-state index contributed by atoms with van der Waals surface area (Å²) in [5.74, 6) is -0.293. The van der Waals surface area contributed by atoms with Crippen molar-refractivity contribution in [1.29, 1.82) is 0 Å². The van der Waals surface area contributed by atoms with Crippen LogP contribution in [-0.2, 0) is 20.7 Å². The van der Waals surface area contributed by atoms with E-state index in [1.807, 2.05) is 30.3 Å². The molecule has 4 atom stereocenters. The Bertz CT molecular complexity index is 1410. The first kappa shape index (κ1) is 28.6. The second-order valence-corrected chi connectivity index (χ2v) is 11.0. The van der Waals surface area contributed by atoms with Crippen LogP contribution in [0.3, 0.4) is 0 Å². The first-order valence-electron chi connectivity index (χ1n) is 14.1. The molecule has 1 unspecified atom stereocenters. The lowest BCUT2D eigenvalue weighted by Gasteiger charge is -2.49. The molecule has 0 aromatic heterocycles. The Morgan fingerprint density at radius 2 is 1.76 bits per heavy atom. The molecule has 0 radical (unpaired) electrons. The number of hydrogen-bond donors (Lipinski definition) is 1. The number of halogens is 1. The van der Waals surface area contributed by atoms with Gasteiger partial charge in [-0.25, -0.2) is 9.18 Å². The molecule has 0 bridgehead atoms. The van der Waals surface area contributed by atoms with Gasteiger partial charge in [0.1, 0.15) is 11.6 Å². The van der Waals surface area contributed by atoms with Gasteiger partial charge in [-0.2, -0.15) is 0 Å². The van der Waals surface area contributed by atoms with Crippen molar-refractivity contribution in [3.05, 3.63) is 102 Å². The van der Waals surface area contributed by atoms with E-state index in [0.717, 1.165) is 24.0 Å². The lowest BCUT2D eigenvalue weighted by atomic mass is 9.73. The fourth-order valence-corrected chi connectivity index (χ4v) is 5.83. The number of rotatable bonds is 8. The number of amides is 1. The van der Waals surface area contributed by atoms with E-state index >= 15 is 0 Å². The van der Waals surface area contributed by atoms with Crippen molar-refractivity contribution in [3.63, 3.8) is 0 Å². The molecule has 1 N–H and O–H groups in total. The third kappa shape index (κ3) is 6.35. The highest BCUT2D eigenvalue weighted by Crippen LogP contribution is 2.47. The SMILES string of the molecule is CC(=O)NCCc1ccc(OC2OC3(CC=CC3)[C@H](C)[C@@H](C)[C@H]2OC(=O)c2ccccc2)cc1-c1cccc(F)c1. The van der Waals surface area contributed by atoms with Crippen LogP contribution in [0.25, 0.3) is 11.1 Å². The summed E-state index contributed by atoms with van der Waals surface area (Å²) in [6.45, 7) is 6.15. The van der Waals surface area contributed by atoms with Gasteiger partial charge in [-0.15, -0.1) is 0 Å². The average Bonchev–Trinajstić information content (AvgIpc) is 3.44. The van der Waals surface area contributed by atoms with E-state index in [1.165, 1.54) is 19.1 Å². The van der Waals surface area contributed by atoms with Gasteiger partial charge in [-0.1, -0.05) is 62.4 Å². The van der Waals surface area contributed by atoms with Gasteiger partial charge in [0, 0.05) is 19.4 Å². The van der Waals surface area contributed by atoms with E-state index in [0.29, 0.717) is 29.8 Å². The molecule has 1 spiro atoms. The lowest BCUT2D eigenvalue weighted by molar-refractivity contribution is -0.276. The standard InChI is InChI=1S/C34H36FNO5/c1-22-23(2)34(17-7-8-18-34)41-33(31(22)40-32(38)26-10-5-4-6-11-26)39-29-15-14-25(16-19-36-24(3)37)30(21-29)27-12-9-13-28(35)20-27/h4-15,20-23,31,33H,16-19H2,1-3H3,(H,36,37)/t22-,23-,31-,33?/m1/s1. The summed E-state index contributed by atoms with van der Waals surface area (Å²) in [6, 6.07) is 20.9. The first-order chi connectivity index (χ1) is 19.8. The summed E-state index contributed by atoms with van der Waals surface area (Å²) >= 11 is 0. The zero-order valence-corrected chi connectivity index (χ0v) is 23.6. The summed E-state index contributed by atoms with van der Waals surface area (Å²) in [5.41, 5.74) is 2.45. The minimum Gasteiger partial charge on any atom is -0.461 e. The molecule has 1 aliphatic carbocycles. The highest BCUT2D eigenvalue weighted by molar-refractivity contribution is 5.89. The van der Waals surface area contributed by atoms with Crippen LogP contribution in [0.4, 0.5) is 4.39 Å². The Kier molecular flexibility index (Phi) is 8.54. The number of ether oxygens (including phenoxy) is 3. The normalized spacial score (nSPS) is 22.8. The molecular weight excluding hydrogens is 521 g/mol. The summed E-state index contributed by atoms with van der Waals surface area (Å²) in [6.07, 6.45) is 4.83. The van der Waals surface area contributed by atoms with Gasteiger partial charge in [-0.05, 0) is 78.3 Å². The quantitative estimate of drug-likeness (QED) is 0.253. The minimum atomic E-state index is -0.848.